The average molecular weight is 727 g/mol. The van der Waals surface area contributed by atoms with Crippen molar-refractivity contribution < 1.29 is 0 Å². The molecule has 0 atom stereocenters. The van der Waals surface area contributed by atoms with Gasteiger partial charge in [-0.3, -0.25) is 0 Å². The quantitative estimate of drug-likeness (QED) is 0.168. The molecule has 5 heteroatoms. The topological polar surface area (TPSA) is 9.86 Å². The first kappa shape index (κ1) is 28.6. The Morgan fingerprint density at radius 2 is 0.623 bits per heavy atom. The molecule has 246 valence electrons. The third-order valence-corrected chi connectivity index (χ3v) is 14.7. The Balaban J connectivity index is 1.07. The zero-order chi connectivity index (χ0) is 34.4. The van der Waals surface area contributed by atoms with Crippen LogP contribution in [0, 0.1) is 0 Å². The lowest BCUT2D eigenvalue weighted by Gasteiger charge is -2.10. The van der Waals surface area contributed by atoms with Crippen molar-refractivity contribution >= 4 is 138 Å². The van der Waals surface area contributed by atoms with Crippen molar-refractivity contribution in [3.63, 3.8) is 0 Å². The summed E-state index contributed by atoms with van der Waals surface area (Å²) in [7, 11) is 0. The van der Waals surface area contributed by atoms with Gasteiger partial charge in [0.05, 0.1) is 22.1 Å². The monoisotopic (exact) mass is 726 g/mol. The smallest absolute Gasteiger partial charge is 0.0548 e. The van der Waals surface area contributed by atoms with Gasteiger partial charge in [-0.2, -0.15) is 0 Å². The third-order valence-electron chi connectivity index (χ3n) is 11.3. The standard InChI is InChI=1S/C48H26N2S3/c1-5-13-39-29(9-1)33-25-47-37(31-11-3-7-15-43(31)52-47)23-41(33)49(39)27-17-19-45-35(21-27)36-22-28(18-20-46(36)51-45)50-40-14-6-2-10-30(40)34-26-48-38(24-42(34)50)32-12-4-8-16-44(32)53-48/h1-26H. The van der Waals surface area contributed by atoms with Crippen molar-refractivity contribution in [3.8, 4) is 11.4 Å². The molecule has 0 bridgehead atoms. The summed E-state index contributed by atoms with van der Waals surface area (Å²) in [6.45, 7) is 0. The van der Waals surface area contributed by atoms with Crippen LogP contribution >= 0.6 is 34.0 Å². The molecule has 0 spiro atoms. The summed E-state index contributed by atoms with van der Waals surface area (Å²) >= 11 is 5.66. The molecule has 0 aliphatic heterocycles. The molecule has 5 heterocycles. The van der Waals surface area contributed by atoms with Crippen molar-refractivity contribution in [1.82, 2.24) is 9.13 Å². The number of hydrogen-bond acceptors (Lipinski definition) is 3. The number of rotatable bonds is 2. The van der Waals surface area contributed by atoms with E-state index in [1.807, 2.05) is 34.0 Å². The molecular weight excluding hydrogens is 701 g/mol. The number of para-hydroxylation sites is 2. The summed E-state index contributed by atoms with van der Waals surface area (Å²) < 4.78 is 12.9. The van der Waals surface area contributed by atoms with Gasteiger partial charge < -0.3 is 9.13 Å². The molecule has 2 nitrogen and oxygen atoms in total. The van der Waals surface area contributed by atoms with Crippen LogP contribution in [0.1, 0.15) is 0 Å². The Bertz CT molecular complexity index is 3450. The Hall–Kier alpha value is -5.98. The fourth-order valence-electron chi connectivity index (χ4n) is 8.96. The minimum absolute atomic E-state index is 1.19. The van der Waals surface area contributed by atoms with E-state index in [9.17, 15) is 0 Å². The molecule has 8 aromatic carbocycles. The first-order chi connectivity index (χ1) is 26.2. The summed E-state index contributed by atoms with van der Waals surface area (Å²) in [6.07, 6.45) is 0. The normalized spacial score (nSPS) is 12.5. The predicted molar refractivity (Wildman–Crippen MR) is 234 cm³/mol. The van der Waals surface area contributed by atoms with Gasteiger partial charge in [0, 0.05) is 93.4 Å². The molecule has 0 radical (unpaired) electrons. The van der Waals surface area contributed by atoms with E-state index < -0.39 is 0 Å². The molecule has 13 aromatic rings. The van der Waals surface area contributed by atoms with E-state index in [0.29, 0.717) is 0 Å². The Morgan fingerprint density at radius 1 is 0.245 bits per heavy atom. The van der Waals surface area contributed by atoms with Crippen LogP contribution in [-0.4, -0.2) is 9.13 Å². The summed E-state index contributed by atoms with van der Waals surface area (Å²) in [5, 5.41) is 13.1. The Labute approximate surface area is 314 Å². The number of aromatic nitrogens is 2. The lowest BCUT2D eigenvalue weighted by atomic mass is 10.1. The zero-order valence-electron chi connectivity index (χ0n) is 28.1. The van der Waals surface area contributed by atoms with Crippen LogP contribution in [0.4, 0.5) is 0 Å². The van der Waals surface area contributed by atoms with E-state index in [1.165, 1.54) is 116 Å². The molecule has 53 heavy (non-hydrogen) atoms. The van der Waals surface area contributed by atoms with Crippen LogP contribution in [0.3, 0.4) is 0 Å². The summed E-state index contributed by atoms with van der Waals surface area (Å²) in [5.41, 5.74) is 7.36. The molecular formula is C48H26N2S3. The minimum Gasteiger partial charge on any atom is -0.309 e. The maximum Gasteiger partial charge on any atom is 0.0548 e. The highest BCUT2D eigenvalue weighted by molar-refractivity contribution is 7.26. The second-order valence-electron chi connectivity index (χ2n) is 14.1. The second kappa shape index (κ2) is 10.3. The molecule has 0 saturated carbocycles. The SMILES string of the molecule is c1ccc2c(c1)sc1cc3c4ccccc4n(-c4ccc5sc6ccc(-n7c8ccccc8c8cc9sc%10ccccc%10c9cc87)cc6c5c4)c3cc12. The zero-order valence-corrected chi connectivity index (χ0v) is 30.6. The van der Waals surface area contributed by atoms with E-state index in [-0.39, 0.29) is 0 Å². The van der Waals surface area contributed by atoms with Gasteiger partial charge in [-0.1, -0.05) is 72.8 Å². The minimum atomic E-state index is 1.19. The molecule has 0 amide bonds. The summed E-state index contributed by atoms with van der Waals surface area (Å²) in [6, 6.07) is 59.1. The van der Waals surface area contributed by atoms with Gasteiger partial charge in [-0.25, -0.2) is 0 Å². The number of benzene rings is 8. The van der Waals surface area contributed by atoms with Gasteiger partial charge in [0.1, 0.15) is 0 Å². The lowest BCUT2D eigenvalue weighted by Crippen LogP contribution is -1.94. The second-order valence-corrected chi connectivity index (χ2v) is 17.3. The van der Waals surface area contributed by atoms with Crippen LogP contribution < -0.4 is 0 Å². The van der Waals surface area contributed by atoms with Crippen LogP contribution in [0.2, 0.25) is 0 Å². The van der Waals surface area contributed by atoms with Gasteiger partial charge in [0.25, 0.3) is 0 Å². The van der Waals surface area contributed by atoms with Gasteiger partial charge >= 0.3 is 0 Å². The molecule has 0 aliphatic rings. The van der Waals surface area contributed by atoms with E-state index >= 15 is 0 Å². The maximum absolute atomic E-state index is 2.48. The van der Waals surface area contributed by atoms with E-state index in [0.717, 1.165) is 0 Å². The average Bonchev–Trinajstić information content (AvgIpc) is 4.00. The van der Waals surface area contributed by atoms with E-state index in [1.54, 1.807) is 0 Å². The van der Waals surface area contributed by atoms with Gasteiger partial charge in [0.2, 0.25) is 0 Å². The van der Waals surface area contributed by atoms with Gasteiger partial charge in [0.15, 0.2) is 0 Å². The van der Waals surface area contributed by atoms with E-state index in [2.05, 4.69) is 167 Å². The highest BCUT2D eigenvalue weighted by atomic mass is 32.1. The molecule has 0 unspecified atom stereocenters. The first-order valence-electron chi connectivity index (χ1n) is 17.9. The number of thiophene rings is 3. The van der Waals surface area contributed by atoms with Crippen molar-refractivity contribution in [2.45, 2.75) is 0 Å². The lowest BCUT2D eigenvalue weighted by molar-refractivity contribution is 1.19. The van der Waals surface area contributed by atoms with Crippen LogP contribution in [0.5, 0.6) is 0 Å². The van der Waals surface area contributed by atoms with Crippen molar-refractivity contribution in [2.24, 2.45) is 0 Å². The molecule has 13 rings (SSSR count). The van der Waals surface area contributed by atoms with Crippen molar-refractivity contribution in [3.05, 3.63) is 158 Å². The Morgan fingerprint density at radius 3 is 1.11 bits per heavy atom. The fourth-order valence-corrected chi connectivity index (χ4v) is 12.3. The molecule has 0 N–H and O–H groups in total. The number of hydrogen-bond donors (Lipinski definition) is 0. The molecule has 0 aliphatic carbocycles. The highest BCUT2D eigenvalue weighted by Crippen LogP contribution is 2.44. The highest BCUT2D eigenvalue weighted by Gasteiger charge is 2.19. The largest absolute Gasteiger partial charge is 0.309 e. The number of fused-ring (bicyclic) bond motifs is 15. The molecule has 5 aromatic heterocycles. The predicted octanol–water partition coefficient (Wildman–Crippen LogP) is 15.0. The molecule has 0 fully saturated rings. The summed E-state index contributed by atoms with van der Waals surface area (Å²) in [4.78, 5) is 0. The van der Waals surface area contributed by atoms with Crippen LogP contribution in [0.15, 0.2) is 158 Å². The molecule has 0 saturated heterocycles. The van der Waals surface area contributed by atoms with Crippen molar-refractivity contribution in [1.29, 1.82) is 0 Å². The third kappa shape index (κ3) is 3.86. The summed E-state index contributed by atoms with van der Waals surface area (Å²) in [5.74, 6) is 0. The van der Waals surface area contributed by atoms with Gasteiger partial charge in [-0.05, 0) is 84.9 Å². The number of nitrogens with zero attached hydrogens (tertiary/aromatic N) is 2. The fraction of sp³-hybridized carbons (Fsp3) is 0. The maximum atomic E-state index is 2.48. The Kier molecular flexibility index (Phi) is 5.57. The van der Waals surface area contributed by atoms with Gasteiger partial charge in [-0.15, -0.1) is 34.0 Å². The van der Waals surface area contributed by atoms with E-state index in [4.69, 9.17) is 0 Å². The first-order valence-corrected chi connectivity index (χ1v) is 20.4. The van der Waals surface area contributed by atoms with Crippen LogP contribution in [-0.2, 0) is 0 Å². The van der Waals surface area contributed by atoms with Crippen molar-refractivity contribution in [2.75, 3.05) is 0 Å². The van der Waals surface area contributed by atoms with Crippen LogP contribution in [0.25, 0.3) is 116 Å².